The number of esters is 1. The van der Waals surface area contributed by atoms with Gasteiger partial charge in [0.25, 0.3) is 0 Å². The first-order valence-corrected chi connectivity index (χ1v) is 11.5. The lowest BCUT2D eigenvalue weighted by Crippen LogP contribution is -2.54. The minimum absolute atomic E-state index is 0.0815. The van der Waals surface area contributed by atoms with Gasteiger partial charge < -0.3 is 4.74 Å². The molecule has 1 aromatic carbocycles. The van der Waals surface area contributed by atoms with E-state index in [1.165, 1.54) is 30.5 Å². The first kappa shape index (κ1) is 17.9. The van der Waals surface area contributed by atoms with Crippen molar-refractivity contribution < 1.29 is 14.3 Å². The molecule has 3 nitrogen and oxygen atoms in total. The summed E-state index contributed by atoms with van der Waals surface area (Å²) in [5.41, 5.74) is 0. The van der Waals surface area contributed by atoms with Crippen LogP contribution in [0.5, 0.6) is 0 Å². The number of unbranched alkanes of at least 4 members (excludes halogenated alkanes) is 2. The number of carbonyl (C=O) groups is 2. The highest BCUT2D eigenvalue weighted by molar-refractivity contribution is 6.92. The Morgan fingerprint density at radius 3 is 2.61 bits per heavy atom. The Balaban J connectivity index is 2.26. The third kappa shape index (κ3) is 4.31. The van der Waals surface area contributed by atoms with E-state index in [1.54, 1.807) is 6.92 Å². The average Bonchev–Trinajstić information content (AvgIpc) is 2.58. The molecule has 0 N–H and O–H groups in total. The third-order valence-corrected chi connectivity index (χ3v) is 10.3. The number of benzene rings is 1. The van der Waals surface area contributed by atoms with Crippen LogP contribution in [0.15, 0.2) is 30.3 Å². The largest absolute Gasteiger partial charge is 0.465 e. The summed E-state index contributed by atoms with van der Waals surface area (Å²) < 4.78 is 5.17. The maximum atomic E-state index is 12.3. The van der Waals surface area contributed by atoms with Gasteiger partial charge in [0, 0.05) is 6.42 Å². The molecule has 2 atom stereocenters. The molecule has 0 spiro atoms. The van der Waals surface area contributed by atoms with E-state index in [2.05, 4.69) is 31.2 Å². The summed E-state index contributed by atoms with van der Waals surface area (Å²) in [6, 6.07) is 13.5. The van der Waals surface area contributed by atoms with Gasteiger partial charge in [-0.05, 0) is 19.0 Å². The summed E-state index contributed by atoms with van der Waals surface area (Å²) in [6.45, 7) is 4.36. The molecule has 126 valence electrons. The van der Waals surface area contributed by atoms with E-state index < -0.39 is 14.0 Å². The Labute approximate surface area is 140 Å². The molecule has 0 saturated carbocycles. The first-order valence-electron chi connectivity index (χ1n) is 8.88. The molecule has 1 aliphatic rings. The van der Waals surface area contributed by atoms with Gasteiger partial charge in [0.15, 0.2) is 0 Å². The van der Waals surface area contributed by atoms with Gasteiger partial charge in [0.1, 0.15) is 11.7 Å². The van der Waals surface area contributed by atoms with Crippen LogP contribution < -0.4 is 5.19 Å². The molecule has 0 amide bonds. The van der Waals surface area contributed by atoms with E-state index >= 15 is 0 Å². The van der Waals surface area contributed by atoms with E-state index in [1.807, 2.05) is 6.07 Å². The fourth-order valence-electron chi connectivity index (χ4n) is 3.74. The summed E-state index contributed by atoms with van der Waals surface area (Å²) in [5, 5.41) is 1.40. The molecule has 0 aliphatic carbocycles. The maximum absolute atomic E-state index is 12.3. The van der Waals surface area contributed by atoms with Crippen molar-refractivity contribution in [3.05, 3.63) is 30.3 Å². The standard InChI is InChI=1S/C19H28O3Si/c1-3-5-9-13-23(16-10-7-6-8-11-16)14-12-18(20)17(15-23)19(21)22-4-2/h6-8,10-11,17H,3-5,9,12-15H2,1-2H3. The topological polar surface area (TPSA) is 43.4 Å². The van der Waals surface area contributed by atoms with E-state index in [0.717, 1.165) is 12.1 Å². The first-order chi connectivity index (χ1) is 11.1. The van der Waals surface area contributed by atoms with Gasteiger partial charge in [-0.15, -0.1) is 0 Å². The summed E-state index contributed by atoms with van der Waals surface area (Å²) in [6.07, 6.45) is 4.15. The summed E-state index contributed by atoms with van der Waals surface area (Å²) in [7, 11) is -1.81. The van der Waals surface area contributed by atoms with Crippen LogP contribution in [0.25, 0.3) is 0 Å². The van der Waals surface area contributed by atoms with Gasteiger partial charge in [0.05, 0.1) is 14.7 Å². The smallest absolute Gasteiger partial charge is 0.316 e. The van der Waals surface area contributed by atoms with Gasteiger partial charge >= 0.3 is 5.97 Å². The fraction of sp³-hybridized carbons (Fsp3) is 0.579. The number of ether oxygens (including phenoxy) is 1. The highest BCUT2D eigenvalue weighted by Gasteiger charge is 2.45. The van der Waals surface area contributed by atoms with E-state index in [4.69, 9.17) is 4.74 Å². The molecule has 2 rings (SSSR count). The van der Waals surface area contributed by atoms with Gasteiger partial charge in [0.2, 0.25) is 0 Å². The van der Waals surface area contributed by atoms with Crippen LogP contribution in [0.3, 0.4) is 0 Å². The zero-order valence-corrected chi connectivity index (χ0v) is 15.3. The van der Waals surface area contributed by atoms with Crippen molar-refractivity contribution in [3.8, 4) is 0 Å². The lowest BCUT2D eigenvalue weighted by atomic mass is 10.0. The lowest BCUT2D eigenvalue weighted by molar-refractivity contribution is -0.151. The SMILES string of the molecule is CCCCC[Si]1(c2ccccc2)CCC(=O)C(C(=O)OCC)C1. The maximum Gasteiger partial charge on any atom is 0.316 e. The Morgan fingerprint density at radius 2 is 1.96 bits per heavy atom. The Morgan fingerprint density at radius 1 is 1.22 bits per heavy atom. The van der Waals surface area contributed by atoms with Crippen LogP contribution in [-0.2, 0) is 14.3 Å². The summed E-state index contributed by atoms with van der Waals surface area (Å²) in [4.78, 5) is 24.5. The van der Waals surface area contributed by atoms with Crippen LogP contribution in [0.1, 0.15) is 39.5 Å². The molecule has 0 radical (unpaired) electrons. The van der Waals surface area contributed by atoms with Crippen molar-refractivity contribution in [2.45, 2.75) is 57.7 Å². The molecule has 0 bridgehead atoms. The van der Waals surface area contributed by atoms with Crippen LogP contribution in [-0.4, -0.2) is 26.4 Å². The molecular formula is C19H28O3Si. The molecular weight excluding hydrogens is 304 g/mol. The van der Waals surface area contributed by atoms with Crippen LogP contribution in [0.2, 0.25) is 18.1 Å². The second-order valence-corrected chi connectivity index (χ2v) is 11.1. The van der Waals surface area contributed by atoms with Crippen molar-refractivity contribution in [2.24, 2.45) is 5.92 Å². The highest BCUT2D eigenvalue weighted by Crippen LogP contribution is 2.35. The van der Waals surface area contributed by atoms with Crippen LogP contribution >= 0.6 is 0 Å². The predicted molar refractivity (Wildman–Crippen MR) is 95.5 cm³/mol. The minimum atomic E-state index is -1.81. The van der Waals surface area contributed by atoms with E-state index in [-0.39, 0.29) is 11.8 Å². The van der Waals surface area contributed by atoms with Gasteiger partial charge in [-0.3, -0.25) is 9.59 Å². The summed E-state index contributed by atoms with van der Waals surface area (Å²) in [5.74, 6) is -0.754. The summed E-state index contributed by atoms with van der Waals surface area (Å²) >= 11 is 0. The number of hydrogen-bond donors (Lipinski definition) is 0. The molecule has 0 aromatic heterocycles. The number of hydrogen-bond acceptors (Lipinski definition) is 3. The second-order valence-electron chi connectivity index (χ2n) is 6.58. The Kier molecular flexibility index (Phi) is 6.57. The number of rotatable bonds is 7. The lowest BCUT2D eigenvalue weighted by Gasteiger charge is -2.38. The van der Waals surface area contributed by atoms with E-state index in [0.29, 0.717) is 13.0 Å². The molecule has 1 aliphatic heterocycles. The molecule has 1 fully saturated rings. The molecule has 1 saturated heterocycles. The zero-order valence-electron chi connectivity index (χ0n) is 14.3. The van der Waals surface area contributed by atoms with Gasteiger partial charge in [-0.25, -0.2) is 0 Å². The Bertz CT molecular complexity index is 529. The zero-order chi connectivity index (χ0) is 16.7. The average molecular weight is 333 g/mol. The molecule has 1 heterocycles. The van der Waals surface area contributed by atoms with Crippen molar-refractivity contribution in [2.75, 3.05) is 6.61 Å². The van der Waals surface area contributed by atoms with Crippen LogP contribution in [0, 0.1) is 5.92 Å². The quantitative estimate of drug-likeness (QED) is 0.331. The monoisotopic (exact) mass is 332 g/mol. The fourth-order valence-corrected chi connectivity index (χ4v) is 8.94. The highest BCUT2D eigenvalue weighted by atomic mass is 28.3. The second kappa shape index (κ2) is 8.43. The minimum Gasteiger partial charge on any atom is -0.465 e. The van der Waals surface area contributed by atoms with Crippen molar-refractivity contribution in [3.63, 3.8) is 0 Å². The number of carbonyl (C=O) groups excluding carboxylic acids is 2. The number of Topliss-reactive ketones (excluding diaryl/α,β-unsaturated/α-hetero) is 1. The molecule has 23 heavy (non-hydrogen) atoms. The van der Waals surface area contributed by atoms with Crippen molar-refractivity contribution >= 4 is 25.0 Å². The van der Waals surface area contributed by atoms with Gasteiger partial charge in [-0.1, -0.05) is 67.7 Å². The normalized spacial score (nSPS) is 24.4. The molecule has 1 aromatic rings. The van der Waals surface area contributed by atoms with Crippen molar-refractivity contribution in [1.82, 2.24) is 0 Å². The Hall–Kier alpha value is -1.42. The third-order valence-electron chi connectivity index (χ3n) is 5.05. The predicted octanol–water partition coefficient (Wildman–Crippen LogP) is 3.68. The number of ketones is 1. The van der Waals surface area contributed by atoms with Crippen molar-refractivity contribution in [1.29, 1.82) is 0 Å². The van der Waals surface area contributed by atoms with Gasteiger partial charge in [-0.2, -0.15) is 0 Å². The van der Waals surface area contributed by atoms with E-state index in [9.17, 15) is 9.59 Å². The van der Waals surface area contributed by atoms with Crippen LogP contribution in [0.4, 0.5) is 0 Å². The molecule has 2 unspecified atom stereocenters. The molecule has 4 heteroatoms.